The largest absolute Gasteiger partial charge is 0.490 e. The number of carbonyl (C=O) groups excluding carboxylic acids is 2. The Morgan fingerprint density at radius 3 is 2.79 bits per heavy atom. The topological polar surface area (TPSA) is 111 Å². The average Bonchev–Trinajstić information content (AvgIpc) is 2.63. The first-order chi connectivity index (χ1) is 13.2. The van der Waals surface area contributed by atoms with Gasteiger partial charge in [-0.3, -0.25) is 14.3 Å². The highest BCUT2D eigenvalue weighted by molar-refractivity contribution is 7.92. The van der Waals surface area contributed by atoms with Gasteiger partial charge < -0.3 is 19.1 Å². The molecular formula is C18H24N2O7S. The molecule has 9 nitrogen and oxygen atoms in total. The van der Waals surface area contributed by atoms with E-state index in [0.29, 0.717) is 24.3 Å². The number of hydrogen-bond donors (Lipinski definition) is 1. The van der Waals surface area contributed by atoms with Gasteiger partial charge in [-0.2, -0.15) is 0 Å². The minimum Gasteiger partial charge on any atom is -0.490 e. The van der Waals surface area contributed by atoms with Crippen molar-refractivity contribution < 1.29 is 32.2 Å². The first kappa shape index (κ1) is 20.4. The monoisotopic (exact) mass is 412 g/mol. The van der Waals surface area contributed by atoms with Gasteiger partial charge >= 0.3 is 5.97 Å². The van der Waals surface area contributed by atoms with Crippen molar-refractivity contribution >= 4 is 27.6 Å². The Balaban J connectivity index is 1.82. The highest BCUT2D eigenvalue weighted by Crippen LogP contribution is 2.32. The Kier molecular flexibility index (Phi) is 5.80. The van der Waals surface area contributed by atoms with Crippen molar-refractivity contribution in [1.82, 2.24) is 4.90 Å². The van der Waals surface area contributed by atoms with E-state index in [9.17, 15) is 18.0 Å². The lowest BCUT2D eigenvalue weighted by molar-refractivity contribution is -0.151. The third kappa shape index (κ3) is 4.56. The third-order valence-corrected chi connectivity index (χ3v) is 5.54. The van der Waals surface area contributed by atoms with E-state index in [-0.39, 0.29) is 48.7 Å². The normalized spacial score (nSPS) is 24.9. The van der Waals surface area contributed by atoms with Crippen LogP contribution in [0.15, 0.2) is 18.2 Å². The lowest BCUT2D eigenvalue weighted by Crippen LogP contribution is -2.53. The molecule has 28 heavy (non-hydrogen) atoms. The number of sulfonamides is 1. The maximum absolute atomic E-state index is 13.0. The summed E-state index contributed by atoms with van der Waals surface area (Å²) in [4.78, 5) is 26.1. The molecule has 1 N–H and O–H groups in total. The molecule has 154 valence electrons. The van der Waals surface area contributed by atoms with Gasteiger partial charge in [0.2, 0.25) is 10.0 Å². The van der Waals surface area contributed by atoms with E-state index in [4.69, 9.17) is 14.2 Å². The molecule has 0 bridgehead atoms. The van der Waals surface area contributed by atoms with E-state index in [0.717, 1.165) is 6.26 Å². The molecule has 1 fully saturated rings. The zero-order chi connectivity index (χ0) is 20.5. The molecule has 1 aromatic rings. The summed E-state index contributed by atoms with van der Waals surface area (Å²) in [6, 6.07) is 4.36. The first-order valence-electron chi connectivity index (χ1n) is 8.92. The van der Waals surface area contributed by atoms with Crippen LogP contribution in [0.1, 0.15) is 29.6 Å². The Morgan fingerprint density at radius 1 is 1.36 bits per heavy atom. The van der Waals surface area contributed by atoms with E-state index >= 15 is 0 Å². The fraction of sp³-hybridized carbons (Fsp3) is 0.556. The van der Waals surface area contributed by atoms with Crippen molar-refractivity contribution in [3.05, 3.63) is 23.8 Å². The second-order valence-corrected chi connectivity index (χ2v) is 8.78. The van der Waals surface area contributed by atoms with Crippen molar-refractivity contribution in [3.63, 3.8) is 0 Å². The molecule has 3 rings (SSSR count). The molecule has 0 aliphatic carbocycles. The Hall–Kier alpha value is -2.33. The van der Waals surface area contributed by atoms with E-state index in [2.05, 4.69) is 4.72 Å². The van der Waals surface area contributed by atoms with E-state index in [1.54, 1.807) is 18.0 Å². The molecule has 0 spiro atoms. The minimum atomic E-state index is -3.46. The number of esters is 1. The number of nitrogens with one attached hydrogen (secondary N) is 1. The molecule has 10 heteroatoms. The van der Waals surface area contributed by atoms with Crippen LogP contribution < -0.4 is 9.46 Å². The summed E-state index contributed by atoms with van der Waals surface area (Å²) in [6.07, 6.45) is 1.84. The van der Waals surface area contributed by atoms with Crippen molar-refractivity contribution in [2.45, 2.75) is 37.5 Å². The van der Waals surface area contributed by atoms with Gasteiger partial charge in [-0.25, -0.2) is 8.42 Å². The van der Waals surface area contributed by atoms with Gasteiger partial charge in [0.25, 0.3) is 5.91 Å². The molecular weight excluding hydrogens is 388 g/mol. The van der Waals surface area contributed by atoms with E-state index in [1.807, 2.05) is 0 Å². The number of carbonyl (C=O) groups is 2. The first-order valence-corrected chi connectivity index (χ1v) is 10.8. The summed E-state index contributed by atoms with van der Waals surface area (Å²) in [5, 5.41) is 0. The van der Waals surface area contributed by atoms with Crippen molar-refractivity contribution in [3.8, 4) is 5.75 Å². The van der Waals surface area contributed by atoms with Gasteiger partial charge in [-0.1, -0.05) is 0 Å². The van der Waals surface area contributed by atoms with Crippen LogP contribution in [0, 0.1) is 0 Å². The molecule has 1 aromatic carbocycles. The van der Waals surface area contributed by atoms with Crippen LogP contribution >= 0.6 is 0 Å². The lowest BCUT2D eigenvalue weighted by Gasteiger charge is -2.42. The second kappa shape index (κ2) is 7.96. The van der Waals surface area contributed by atoms with Crippen LogP contribution in [0.3, 0.4) is 0 Å². The summed E-state index contributed by atoms with van der Waals surface area (Å²) in [5.41, 5.74) is 0.577. The summed E-state index contributed by atoms with van der Waals surface area (Å²) in [7, 11) is -0.435. The number of benzene rings is 1. The third-order valence-electron chi connectivity index (χ3n) is 4.94. The smallest absolute Gasteiger partial charge is 0.308 e. The highest BCUT2D eigenvalue weighted by atomic mass is 32.2. The summed E-state index contributed by atoms with van der Waals surface area (Å²) < 4.78 is 41.8. The van der Waals surface area contributed by atoms with E-state index < -0.39 is 10.0 Å². The molecule has 2 heterocycles. The summed E-state index contributed by atoms with van der Waals surface area (Å²) in [6.45, 7) is 0.214. The van der Waals surface area contributed by atoms with Crippen molar-refractivity contribution in [2.75, 3.05) is 31.7 Å². The zero-order valence-corrected chi connectivity index (χ0v) is 16.8. The predicted molar refractivity (Wildman–Crippen MR) is 101 cm³/mol. The van der Waals surface area contributed by atoms with Crippen LogP contribution in [0.4, 0.5) is 5.69 Å². The molecule has 1 amide bonds. The van der Waals surface area contributed by atoms with Crippen LogP contribution in [0.2, 0.25) is 0 Å². The molecule has 0 unspecified atom stereocenters. The number of fused-ring (bicyclic) bond motifs is 2. The van der Waals surface area contributed by atoms with Gasteiger partial charge in [0, 0.05) is 12.7 Å². The molecule has 2 aliphatic heterocycles. The quantitative estimate of drug-likeness (QED) is 0.735. The van der Waals surface area contributed by atoms with E-state index in [1.165, 1.54) is 19.2 Å². The Bertz CT molecular complexity index is 871. The summed E-state index contributed by atoms with van der Waals surface area (Å²) in [5.74, 6) is -0.263. The highest BCUT2D eigenvalue weighted by Gasteiger charge is 2.39. The number of ether oxygens (including phenoxy) is 3. The predicted octanol–water partition coefficient (Wildman–Crippen LogP) is 1.00. The molecule has 1 saturated heterocycles. The minimum absolute atomic E-state index is 0.161. The van der Waals surface area contributed by atoms with Gasteiger partial charge in [-0.15, -0.1) is 0 Å². The molecule has 0 aromatic heterocycles. The number of amides is 1. The van der Waals surface area contributed by atoms with Crippen LogP contribution in [-0.4, -0.2) is 70.5 Å². The van der Waals surface area contributed by atoms with Crippen LogP contribution in [0.5, 0.6) is 5.75 Å². The Morgan fingerprint density at radius 2 is 2.11 bits per heavy atom. The molecule has 3 atom stereocenters. The number of nitrogens with zero attached hydrogens (tertiary/aromatic N) is 1. The number of anilines is 1. The summed E-state index contributed by atoms with van der Waals surface area (Å²) >= 11 is 0. The maximum atomic E-state index is 13.0. The van der Waals surface area contributed by atoms with Gasteiger partial charge in [0.05, 0.1) is 37.5 Å². The van der Waals surface area contributed by atoms with Crippen LogP contribution in [-0.2, 0) is 24.3 Å². The fourth-order valence-electron chi connectivity index (χ4n) is 3.57. The Labute approximate surface area is 164 Å². The van der Waals surface area contributed by atoms with Gasteiger partial charge in [0.1, 0.15) is 18.5 Å². The number of likely N-dealkylation sites (N-methyl/N-ethyl adjacent to an activating group) is 1. The molecule has 0 radical (unpaired) electrons. The standard InChI is InChI=1S/C18H24N2O7S/c1-20-14-6-5-12(9-17(21)25-2)27-16(14)10-26-15-7-4-11(19-28(3,23)24)8-13(15)18(20)22/h4,7-8,12,14,16,19H,5-6,9-10H2,1-3H3/t12-,14+,16+/m1/s1. The fourth-order valence-corrected chi connectivity index (χ4v) is 4.13. The van der Waals surface area contributed by atoms with Gasteiger partial charge in [0.15, 0.2) is 0 Å². The second-order valence-electron chi connectivity index (χ2n) is 7.03. The maximum Gasteiger partial charge on any atom is 0.308 e. The van der Waals surface area contributed by atoms with Crippen LogP contribution in [0.25, 0.3) is 0 Å². The molecule has 0 saturated carbocycles. The number of rotatable bonds is 4. The van der Waals surface area contributed by atoms with Gasteiger partial charge in [-0.05, 0) is 31.0 Å². The molecule has 2 aliphatic rings. The van der Waals surface area contributed by atoms with Crippen molar-refractivity contribution in [2.24, 2.45) is 0 Å². The number of hydrogen-bond acceptors (Lipinski definition) is 7. The lowest BCUT2D eigenvalue weighted by atomic mass is 9.94. The SMILES string of the molecule is COC(=O)C[C@H]1CC[C@H]2[C@H](COc3ccc(NS(C)(=O)=O)cc3C(=O)N2C)O1. The van der Waals surface area contributed by atoms with Crippen molar-refractivity contribution in [1.29, 1.82) is 0 Å². The average molecular weight is 412 g/mol. The number of methoxy groups -OCH3 is 1. The zero-order valence-electron chi connectivity index (χ0n) is 16.0.